The van der Waals surface area contributed by atoms with Crippen LogP contribution >= 0.6 is 11.8 Å². The van der Waals surface area contributed by atoms with E-state index in [9.17, 15) is 0 Å². The van der Waals surface area contributed by atoms with Crippen molar-refractivity contribution in [1.29, 1.82) is 0 Å². The van der Waals surface area contributed by atoms with E-state index in [-0.39, 0.29) is 0 Å². The minimum atomic E-state index is 0.750. The average Bonchev–Trinajstić information content (AvgIpc) is 2.31. The van der Waals surface area contributed by atoms with Crippen molar-refractivity contribution in [3.05, 3.63) is 22.0 Å². The van der Waals surface area contributed by atoms with E-state index < -0.39 is 0 Å². The molecule has 0 radical (unpaired) electrons. The molecule has 0 amide bonds. The summed E-state index contributed by atoms with van der Waals surface area (Å²) in [6, 6.07) is 0. The van der Waals surface area contributed by atoms with Gasteiger partial charge in [-0.2, -0.15) is 0 Å². The normalized spacial score (nSPS) is 17.4. The average molecular weight is 243 g/mol. The van der Waals surface area contributed by atoms with Crippen LogP contribution in [0.3, 0.4) is 0 Å². The van der Waals surface area contributed by atoms with E-state index in [2.05, 4.69) is 21.5 Å². The summed E-state index contributed by atoms with van der Waals surface area (Å²) in [5, 5.41) is 5.59. The van der Waals surface area contributed by atoms with Gasteiger partial charge in [0.25, 0.3) is 0 Å². The van der Waals surface area contributed by atoms with Crippen LogP contribution in [-0.4, -0.2) is 33.6 Å². The number of thioether (sulfide) groups is 1. The molecule has 0 aromatic carbocycles. The van der Waals surface area contributed by atoms with Gasteiger partial charge in [0, 0.05) is 20.8 Å². The molecule has 0 aromatic heterocycles. The Morgan fingerprint density at radius 3 is 2.69 bits per heavy atom. The first-order chi connectivity index (χ1) is 7.79. The summed E-state index contributed by atoms with van der Waals surface area (Å²) >= 11 is 1.91. The van der Waals surface area contributed by atoms with Crippen molar-refractivity contribution in [3.63, 3.8) is 0 Å². The third-order valence-electron chi connectivity index (χ3n) is 1.93. The topological polar surface area (TPSA) is 38.3 Å². The minimum absolute atomic E-state index is 0.750. The second-order valence-electron chi connectivity index (χ2n) is 3.29. The first-order valence-electron chi connectivity index (χ1n) is 5.33. The van der Waals surface area contributed by atoms with Crippen LogP contribution < -0.4 is 5.32 Å². The molecule has 0 aromatic rings. The highest BCUT2D eigenvalue weighted by Crippen LogP contribution is 2.31. The number of methoxy groups -OCH3 is 1. The van der Waals surface area contributed by atoms with Crippen molar-refractivity contribution in [2.24, 2.45) is 0 Å². The third-order valence-corrected chi connectivity index (χ3v) is 3.04. The van der Waals surface area contributed by atoms with Gasteiger partial charge in [-0.25, -0.2) is 0 Å². The summed E-state index contributed by atoms with van der Waals surface area (Å²) in [6.07, 6.45) is 5.41. The number of aldehydes is 1. The third kappa shape index (κ3) is 6.82. The standard InChI is InChI=1S/C8H11NS.C2H6O.C2H4O/c1-2-7-6-9-4-3-8(7)10-5-1;1-3-2;1-2-3/h1,5,9H,2-4,6H2;1-2H3;2H,1H3. The number of hydrogen-bond acceptors (Lipinski definition) is 4. The van der Waals surface area contributed by atoms with Crippen molar-refractivity contribution in [1.82, 2.24) is 5.32 Å². The maximum atomic E-state index is 8.81. The molecule has 0 saturated carbocycles. The van der Waals surface area contributed by atoms with Gasteiger partial charge in [0.15, 0.2) is 0 Å². The first-order valence-corrected chi connectivity index (χ1v) is 6.21. The molecule has 1 N–H and O–H groups in total. The van der Waals surface area contributed by atoms with Crippen LogP contribution in [0.15, 0.2) is 22.0 Å². The number of rotatable bonds is 0. The zero-order valence-electron chi connectivity index (χ0n) is 10.3. The van der Waals surface area contributed by atoms with Crippen LogP contribution in [0.4, 0.5) is 0 Å². The fourth-order valence-corrected chi connectivity index (χ4v) is 2.26. The molecule has 0 fully saturated rings. The van der Waals surface area contributed by atoms with E-state index in [1.807, 2.05) is 11.8 Å². The smallest absolute Gasteiger partial charge is 0.116 e. The Morgan fingerprint density at radius 1 is 1.50 bits per heavy atom. The highest BCUT2D eigenvalue weighted by molar-refractivity contribution is 8.05. The number of allylic oxidation sites excluding steroid dienone is 1. The van der Waals surface area contributed by atoms with E-state index in [0.717, 1.165) is 12.8 Å². The molecule has 0 bridgehead atoms. The summed E-state index contributed by atoms with van der Waals surface area (Å²) in [5.74, 6) is 0. The largest absolute Gasteiger partial charge is 0.388 e. The summed E-state index contributed by atoms with van der Waals surface area (Å²) in [5.41, 5.74) is 1.61. The van der Waals surface area contributed by atoms with Crippen LogP contribution in [0.25, 0.3) is 0 Å². The molecule has 2 heterocycles. The molecule has 2 aliphatic rings. The molecular formula is C12H21NO2S. The molecule has 16 heavy (non-hydrogen) atoms. The lowest BCUT2D eigenvalue weighted by molar-refractivity contribution is -0.106. The fraction of sp³-hybridized carbons (Fsp3) is 0.583. The van der Waals surface area contributed by atoms with Crippen LogP contribution in [0.2, 0.25) is 0 Å². The highest BCUT2D eigenvalue weighted by atomic mass is 32.2. The molecular weight excluding hydrogens is 222 g/mol. The Kier molecular flexibility index (Phi) is 10.5. The van der Waals surface area contributed by atoms with Crippen molar-refractivity contribution in [2.75, 3.05) is 27.3 Å². The van der Waals surface area contributed by atoms with E-state index in [1.165, 1.54) is 26.3 Å². The summed E-state index contributed by atoms with van der Waals surface area (Å²) < 4.78 is 4.25. The summed E-state index contributed by atoms with van der Waals surface area (Å²) in [6.45, 7) is 3.73. The maximum absolute atomic E-state index is 8.81. The molecule has 0 atom stereocenters. The molecule has 3 nitrogen and oxygen atoms in total. The lowest BCUT2D eigenvalue weighted by atomic mass is 10.1. The van der Waals surface area contributed by atoms with Crippen molar-refractivity contribution < 1.29 is 9.53 Å². The highest BCUT2D eigenvalue weighted by Gasteiger charge is 2.12. The molecule has 4 heteroatoms. The van der Waals surface area contributed by atoms with Gasteiger partial charge in [0.2, 0.25) is 0 Å². The Hall–Kier alpha value is -0.580. The number of ether oxygens (including phenoxy) is 1. The number of carbonyl (C=O) groups is 1. The molecule has 0 aliphatic carbocycles. The lowest BCUT2D eigenvalue weighted by Crippen LogP contribution is -2.24. The van der Waals surface area contributed by atoms with Gasteiger partial charge in [0.1, 0.15) is 6.29 Å². The van der Waals surface area contributed by atoms with E-state index in [4.69, 9.17) is 4.79 Å². The Bertz CT molecular complexity index is 229. The van der Waals surface area contributed by atoms with Gasteiger partial charge in [-0.15, -0.1) is 11.8 Å². The van der Waals surface area contributed by atoms with E-state index >= 15 is 0 Å². The molecule has 92 valence electrons. The van der Waals surface area contributed by atoms with Crippen LogP contribution in [-0.2, 0) is 9.53 Å². The van der Waals surface area contributed by atoms with Gasteiger partial charge in [-0.05, 0) is 42.2 Å². The lowest BCUT2D eigenvalue weighted by Gasteiger charge is -2.21. The zero-order chi connectivity index (χ0) is 12.2. The maximum Gasteiger partial charge on any atom is 0.116 e. The monoisotopic (exact) mass is 243 g/mol. The van der Waals surface area contributed by atoms with E-state index in [1.54, 1.807) is 24.7 Å². The fourth-order valence-electron chi connectivity index (χ4n) is 1.37. The predicted octanol–water partition coefficient (Wildman–Crippen LogP) is 2.35. The van der Waals surface area contributed by atoms with Crippen LogP contribution in [0.1, 0.15) is 19.8 Å². The Labute approximate surface area is 102 Å². The van der Waals surface area contributed by atoms with Crippen molar-refractivity contribution in [3.8, 4) is 0 Å². The van der Waals surface area contributed by atoms with Crippen molar-refractivity contribution in [2.45, 2.75) is 19.8 Å². The second-order valence-corrected chi connectivity index (χ2v) is 4.29. The predicted molar refractivity (Wildman–Crippen MR) is 70.5 cm³/mol. The van der Waals surface area contributed by atoms with Gasteiger partial charge >= 0.3 is 0 Å². The Balaban J connectivity index is 0.000000321. The zero-order valence-corrected chi connectivity index (χ0v) is 11.1. The first kappa shape index (κ1) is 15.4. The van der Waals surface area contributed by atoms with Crippen LogP contribution in [0, 0.1) is 0 Å². The number of carbonyl (C=O) groups excluding carboxylic acids is 1. The summed E-state index contributed by atoms with van der Waals surface area (Å²) in [7, 11) is 3.25. The van der Waals surface area contributed by atoms with Crippen LogP contribution in [0.5, 0.6) is 0 Å². The molecule has 0 saturated heterocycles. The molecule has 2 aliphatic heterocycles. The SMILES string of the molecule is C1=CSC2=C(C1)CNCC2.CC=O.COC. The summed E-state index contributed by atoms with van der Waals surface area (Å²) in [4.78, 5) is 10.4. The van der Waals surface area contributed by atoms with Crippen molar-refractivity contribution >= 4 is 18.0 Å². The number of nitrogens with one attached hydrogen (secondary N) is 1. The van der Waals surface area contributed by atoms with Gasteiger partial charge in [-0.1, -0.05) is 6.08 Å². The molecule has 0 unspecified atom stereocenters. The number of hydrogen-bond donors (Lipinski definition) is 1. The second kappa shape index (κ2) is 10.9. The Morgan fingerprint density at radius 2 is 2.12 bits per heavy atom. The quantitative estimate of drug-likeness (QED) is 0.663. The van der Waals surface area contributed by atoms with Gasteiger partial charge < -0.3 is 14.8 Å². The molecule has 2 rings (SSSR count). The minimum Gasteiger partial charge on any atom is -0.388 e. The molecule has 0 spiro atoms. The van der Waals surface area contributed by atoms with Gasteiger partial charge in [-0.3, -0.25) is 0 Å². The van der Waals surface area contributed by atoms with E-state index in [0.29, 0.717) is 0 Å². The van der Waals surface area contributed by atoms with Gasteiger partial charge in [0.05, 0.1) is 0 Å².